The summed E-state index contributed by atoms with van der Waals surface area (Å²) in [7, 11) is -0.876. The van der Waals surface area contributed by atoms with Gasteiger partial charge in [0.05, 0.1) is 5.75 Å². The third-order valence-corrected chi connectivity index (χ3v) is 5.62. The first-order chi connectivity index (χ1) is 7.44. The van der Waals surface area contributed by atoms with Gasteiger partial charge in [0.1, 0.15) is 11.6 Å². The summed E-state index contributed by atoms with van der Waals surface area (Å²) >= 11 is 1.99. The molecule has 1 heterocycles. The Morgan fingerprint density at radius 1 is 1.25 bits per heavy atom. The highest BCUT2D eigenvalue weighted by atomic mass is 32.2. The first-order valence-corrected chi connectivity index (χ1v) is 10.8. The van der Waals surface area contributed by atoms with Crippen LogP contribution >= 0.6 is 11.8 Å². The predicted octanol–water partition coefficient (Wildman–Crippen LogP) is 3.18. The highest BCUT2D eigenvalue weighted by Crippen LogP contribution is 2.17. The second kappa shape index (κ2) is 5.86. The molecule has 0 N–H and O–H groups in total. The number of hydrogen-bond acceptors (Lipinski definition) is 3. The van der Waals surface area contributed by atoms with Gasteiger partial charge in [-0.3, -0.25) is 0 Å². The summed E-state index contributed by atoms with van der Waals surface area (Å²) in [6.45, 7) is 12.4. The molecular formula is C11H23N3SSi. The van der Waals surface area contributed by atoms with Crippen molar-refractivity contribution in [1.82, 2.24) is 14.8 Å². The maximum absolute atomic E-state index is 4.22. The van der Waals surface area contributed by atoms with Crippen molar-refractivity contribution in [2.75, 3.05) is 5.75 Å². The molecule has 0 fully saturated rings. The molecule has 1 aromatic heterocycles. The van der Waals surface area contributed by atoms with E-state index in [0.717, 1.165) is 23.9 Å². The van der Waals surface area contributed by atoms with Gasteiger partial charge in [-0.25, -0.2) is 0 Å². The first-order valence-electron chi connectivity index (χ1n) is 5.90. The van der Waals surface area contributed by atoms with Gasteiger partial charge in [0, 0.05) is 14.6 Å². The summed E-state index contributed by atoms with van der Waals surface area (Å²) in [6, 6.07) is 1.39. The number of hydrogen-bond donors (Lipinski definition) is 0. The molecule has 0 bridgehead atoms. The maximum Gasteiger partial charge on any atom is 0.143 e. The zero-order chi connectivity index (χ0) is 12.2. The Bertz CT molecular complexity index is 330. The predicted molar refractivity (Wildman–Crippen MR) is 74.7 cm³/mol. The maximum atomic E-state index is 4.22. The average Bonchev–Trinajstić information content (AvgIpc) is 2.52. The summed E-state index contributed by atoms with van der Waals surface area (Å²) in [6.07, 6.45) is 0. The molecule has 0 aliphatic rings. The topological polar surface area (TPSA) is 30.7 Å². The molecule has 3 nitrogen and oxygen atoms in total. The van der Waals surface area contributed by atoms with E-state index >= 15 is 0 Å². The molecule has 1 rings (SSSR count). The van der Waals surface area contributed by atoms with Crippen molar-refractivity contribution in [2.45, 2.75) is 51.8 Å². The molecule has 0 aliphatic carbocycles. The number of aromatic nitrogens is 3. The van der Waals surface area contributed by atoms with Crippen molar-refractivity contribution in [2.24, 2.45) is 0 Å². The Hall–Kier alpha value is -0.293. The van der Waals surface area contributed by atoms with Crippen LogP contribution in [0, 0.1) is 6.92 Å². The minimum Gasteiger partial charge on any atom is -0.315 e. The van der Waals surface area contributed by atoms with Gasteiger partial charge < -0.3 is 4.57 Å². The van der Waals surface area contributed by atoms with Crippen LogP contribution in [0.5, 0.6) is 0 Å². The molecule has 0 aromatic carbocycles. The van der Waals surface area contributed by atoms with E-state index in [-0.39, 0.29) is 0 Å². The molecule has 0 saturated heterocycles. The minimum absolute atomic E-state index is 0.876. The average molecular weight is 257 g/mol. The molecule has 92 valence electrons. The quantitative estimate of drug-likeness (QED) is 0.579. The second-order valence-corrected chi connectivity index (χ2v) is 12.0. The van der Waals surface area contributed by atoms with Crippen LogP contribution in [0.1, 0.15) is 18.6 Å². The van der Waals surface area contributed by atoms with Gasteiger partial charge in [-0.1, -0.05) is 19.6 Å². The summed E-state index contributed by atoms with van der Waals surface area (Å²) < 4.78 is 2.20. The van der Waals surface area contributed by atoms with Gasteiger partial charge in [0.25, 0.3) is 0 Å². The van der Waals surface area contributed by atoms with Gasteiger partial charge in [-0.05, 0) is 25.6 Å². The molecule has 0 unspecified atom stereocenters. The lowest BCUT2D eigenvalue weighted by Crippen LogP contribution is -2.19. The smallest absolute Gasteiger partial charge is 0.143 e. The van der Waals surface area contributed by atoms with Crippen LogP contribution in [0.15, 0.2) is 0 Å². The van der Waals surface area contributed by atoms with Crippen LogP contribution in [0.2, 0.25) is 25.7 Å². The van der Waals surface area contributed by atoms with E-state index < -0.39 is 8.07 Å². The molecular weight excluding hydrogens is 234 g/mol. The zero-order valence-electron chi connectivity index (χ0n) is 11.1. The van der Waals surface area contributed by atoms with Gasteiger partial charge in [-0.2, -0.15) is 11.8 Å². The van der Waals surface area contributed by atoms with E-state index in [1.807, 2.05) is 18.7 Å². The summed E-state index contributed by atoms with van der Waals surface area (Å²) in [5.41, 5.74) is 0. The monoisotopic (exact) mass is 257 g/mol. The lowest BCUT2D eigenvalue weighted by molar-refractivity contribution is 0.701. The highest BCUT2D eigenvalue weighted by molar-refractivity contribution is 7.98. The lowest BCUT2D eigenvalue weighted by Gasteiger charge is -2.14. The molecule has 0 saturated carbocycles. The molecule has 0 amide bonds. The van der Waals surface area contributed by atoms with Gasteiger partial charge in [0.2, 0.25) is 0 Å². The van der Waals surface area contributed by atoms with Crippen LogP contribution in [0.3, 0.4) is 0 Å². The number of aryl methyl sites for hydroxylation is 1. The Labute approximate surface area is 104 Å². The molecule has 5 heteroatoms. The Morgan fingerprint density at radius 3 is 2.50 bits per heavy atom. The standard InChI is InChI=1S/C11H23N3SSi/c1-6-14-10(2)12-13-11(14)9-15-7-8-16(3,4)5/h6-9H2,1-5H3. The van der Waals surface area contributed by atoms with E-state index in [0.29, 0.717) is 0 Å². The SMILES string of the molecule is CCn1c(C)nnc1CSCC[Si](C)(C)C. The number of nitrogens with zero attached hydrogens (tertiary/aromatic N) is 3. The minimum atomic E-state index is -0.876. The highest BCUT2D eigenvalue weighted by Gasteiger charge is 2.13. The lowest BCUT2D eigenvalue weighted by atomic mass is 10.5. The van der Waals surface area contributed by atoms with E-state index in [1.54, 1.807) is 0 Å². The van der Waals surface area contributed by atoms with Crippen molar-refractivity contribution in [3.05, 3.63) is 11.6 Å². The normalized spacial score (nSPS) is 12.1. The third kappa shape index (κ3) is 4.29. The largest absolute Gasteiger partial charge is 0.315 e. The Balaban J connectivity index is 2.37. The van der Waals surface area contributed by atoms with Crippen molar-refractivity contribution in [3.8, 4) is 0 Å². The van der Waals surface area contributed by atoms with E-state index in [2.05, 4.69) is 41.3 Å². The number of rotatable bonds is 6. The van der Waals surface area contributed by atoms with E-state index in [4.69, 9.17) is 0 Å². The van der Waals surface area contributed by atoms with Gasteiger partial charge >= 0.3 is 0 Å². The molecule has 0 atom stereocenters. The van der Waals surface area contributed by atoms with Crippen LogP contribution in [0.4, 0.5) is 0 Å². The van der Waals surface area contributed by atoms with Crippen molar-refractivity contribution in [1.29, 1.82) is 0 Å². The Morgan fingerprint density at radius 2 is 1.94 bits per heavy atom. The molecule has 1 aromatic rings. The Kier molecular flexibility index (Phi) is 5.05. The molecule has 0 radical (unpaired) electrons. The summed E-state index contributed by atoms with van der Waals surface area (Å²) in [4.78, 5) is 0. The molecule has 0 aliphatic heterocycles. The molecule has 16 heavy (non-hydrogen) atoms. The van der Waals surface area contributed by atoms with Crippen LogP contribution in [-0.2, 0) is 12.3 Å². The van der Waals surface area contributed by atoms with Gasteiger partial charge in [-0.15, -0.1) is 10.2 Å². The van der Waals surface area contributed by atoms with Crippen LogP contribution in [-0.4, -0.2) is 28.6 Å². The van der Waals surface area contributed by atoms with E-state index in [9.17, 15) is 0 Å². The first kappa shape index (κ1) is 13.8. The van der Waals surface area contributed by atoms with Crippen molar-refractivity contribution >= 4 is 19.8 Å². The van der Waals surface area contributed by atoms with E-state index in [1.165, 1.54) is 11.8 Å². The van der Waals surface area contributed by atoms with Crippen LogP contribution in [0.25, 0.3) is 0 Å². The number of thioether (sulfide) groups is 1. The summed E-state index contributed by atoms with van der Waals surface area (Å²) in [5, 5.41) is 8.35. The fraction of sp³-hybridized carbons (Fsp3) is 0.818. The van der Waals surface area contributed by atoms with Crippen LogP contribution < -0.4 is 0 Å². The summed E-state index contributed by atoms with van der Waals surface area (Å²) in [5.74, 6) is 4.41. The van der Waals surface area contributed by atoms with Gasteiger partial charge in [0.15, 0.2) is 0 Å². The zero-order valence-corrected chi connectivity index (χ0v) is 12.9. The second-order valence-electron chi connectivity index (χ2n) is 5.27. The third-order valence-electron chi connectivity index (χ3n) is 2.56. The van der Waals surface area contributed by atoms with Crippen molar-refractivity contribution < 1.29 is 0 Å². The fourth-order valence-corrected chi connectivity index (χ4v) is 5.05. The molecule has 0 spiro atoms. The fourth-order valence-electron chi connectivity index (χ4n) is 1.48. The van der Waals surface area contributed by atoms with Crippen molar-refractivity contribution in [3.63, 3.8) is 0 Å².